The van der Waals surface area contributed by atoms with E-state index in [0.717, 1.165) is 61.5 Å². The van der Waals surface area contributed by atoms with Crippen molar-refractivity contribution >= 4 is 67.9 Å². The molecule has 39 heavy (non-hydrogen) atoms. The monoisotopic (exact) mass is 509 g/mol. The van der Waals surface area contributed by atoms with Crippen LogP contribution in [0.3, 0.4) is 0 Å². The van der Waals surface area contributed by atoms with Gasteiger partial charge in [-0.05, 0) is 55.7 Å². The minimum Gasteiger partial charge on any atom is -0.398 e. The van der Waals surface area contributed by atoms with Gasteiger partial charge >= 0.3 is 0 Å². The molecule has 0 amide bonds. The molecule has 4 aromatic carbocycles. The number of nitrogens with two attached hydrogens (primary N) is 1. The summed E-state index contributed by atoms with van der Waals surface area (Å²) in [6.07, 6.45) is 5.84. The van der Waals surface area contributed by atoms with E-state index in [-0.39, 0.29) is 0 Å². The van der Waals surface area contributed by atoms with Crippen molar-refractivity contribution in [2.24, 2.45) is 21.8 Å². The number of nitrogen functional groups attached to an aromatic ring is 1. The average Bonchev–Trinajstić information content (AvgIpc) is 3.43. The molecule has 192 valence electrons. The van der Waals surface area contributed by atoms with E-state index in [9.17, 15) is 0 Å². The Hall–Kier alpha value is -4.64. The maximum absolute atomic E-state index is 6.11. The molecule has 5 heteroatoms. The Morgan fingerprint density at radius 3 is 1.67 bits per heavy atom. The fourth-order valence-corrected chi connectivity index (χ4v) is 5.65. The number of aromatic nitrogens is 2. The predicted octanol–water partition coefficient (Wildman–Crippen LogP) is 8.18. The van der Waals surface area contributed by atoms with Crippen LogP contribution in [0.2, 0.25) is 0 Å². The lowest BCUT2D eigenvalue weighted by atomic mass is 9.97. The van der Waals surface area contributed by atoms with Crippen LogP contribution in [0.25, 0.3) is 43.6 Å². The van der Waals surface area contributed by atoms with Gasteiger partial charge in [0.15, 0.2) is 0 Å². The molecule has 0 radical (unpaired) electrons. The van der Waals surface area contributed by atoms with Gasteiger partial charge in [-0.1, -0.05) is 79.2 Å². The Kier molecular flexibility index (Phi) is 6.96. The zero-order chi connectivity index (χ0) is 26.6. The van der Waals surface area contributed by atoms with E-state index in [1.54, 1.807) is 0 Å². The molecule has 2 aromatic heterocycles. The van der Waals surface area contributed by atoms with Gasteiger partial charge in [-0.3, -0.25) is 4.99 Å². The molecule has 0 bridgehead atoms. The van der Waals surface area contributed by atoms with Gasteiger partial charge in [0, 0.05) is 34.3 Å². The first kappa shape index (κ1) is 24.7. The summed E-state index contributed by atoms with van der Waals surface area (Å²) in [5, 5.41) is 4.28. The number of pyridine rings is 2. The van der Waals surface area contributed by atoms with Gasteiger partial charge in [-0.2, -0.15) is 0 Å². The van der Waals surface area contributed by atoms with Crippen LogP contribution in [0.4, 0.5) is 11.4 Å². The molecule has 6 aromatic rings. The first-order chi connectivity index (χ1) is 19.2. The van der Waals surface area contributed by atoms with Gasteiger partial charge in [0.05, 0.1) is 33.4 Å². The van der Waals surface area contributed by atoms with E-state index in [2.05, 4.69) is 59.3 Å². The molecule has 1 saturated carbocycles. The van der Waals surface area contributed by atoms with Gasteiger partial charge in [0.25, 0.3) is 0 Å². The first-order valence-corrected chi connectivity index (χ1v) is 13.5. The Labute approximate surface area is 228 Å². The maximum Gasteiger partial charge on any atom is 0.0813 e. The standard InChI is InChI=1S/C21H21N3.C13H10N2/c1-22-13-15-7-6-8-16(15)14-23-21-17-9-2-4-11-19(17)24-20-12-5-3-10-18(20)21;14-13-9-5-1-3-7-11(9)15-12-8-4-2-6-10(12)13/h2-5,9-12,14-16H,1,6-8,13H2;1-8H,(H2,14,15). The summed E-state index contributed by atoms with van der Waals surface area (Å²) in [6.45, 7) is 4.50. The minimum absolute atomic E-state index is 0.501. The molecule has 1 aliphatic rings. The second-order valence-electron chi connectivity index (χ2n) is 10.1. The molecule has 1 fully saturated rings. The van der Waals surface area contributed by atoms with E-state index in [0.29, 0.717) is 11.8 Å². The van der Waals surface area contributed by atoms with Crippen LogP contribution in [0.15, 0.2) is 107 Å². The molecule has 2 unspecified atom stereocenters. The van der Waals surface area contributed by atoms with E-state index in [1.807, 2.05) is 60.7 Å². The second kappa shape index (κ2) is 11.0. The highest BCUT2D eigenvalue weighted by Crippen LogP contribution is 2.35. The zero-order valence-electron chi connectivity index (χ0n) is 21.9. The molecule has 7 rings (SSSR count). The molecule has 2 N–H and O–H groups in total. The van der Waals surface area contributed by atoms with Crippen molar-refractivity contribution in [2.75, 3.05) is 12.3 Å². The lowest BCUT2D eigenvalue weighted by Crippen LogP contribution is -2.12. The number of hydrogen-bond donors (Lipinski definition) is 1. The van der Waals surface area contributed by atoms with E-state index < -0.39 is 0 Å². The number of para-hydroxylation sites is 4. The highest BCUT2D eigenvalue weighted by molar-refractivity contribution is 6.07. The quantitative estimate of drug-likeness (QED) is 0.192. The molecule has 2 atom stereocenters. The molecule has 1 aliphatic carbocycles. The molecule has 2 heterocycles. The van der Waals surface area contributed by atoms with Crippen molar-refractivity contribution in [3.63, 3.8) is 0 Å². The number of nitrogens with zero attached hydrogens (tertiary/aromatic N) is 4. The van der Waals surface area contributed by atoms with Crippen molar-refractivity contribution < 1.29 is 0 Å². The number of aliphatic imine (C=N–C) groups is 2. The van der Waals surface area contributed by atoms with Crippen LogP contribution < -0.4 is 5.73 Å². The average molecular weight is 510 g/mol. The van der Waals surface area contributed by atoms with Crippen LogP contribution in [-0.4, -0.2) is 29.4 Å². The highest BCUT2D eigenvalue weighted by Gasteiger charge is 2.25. The summed E-state index contributed by atoms with van der Waals surface area (Å²) in [5.41, 5.74) is 11.9. The van der Waals surface area contributed by atoms with E-state index >= 15 is 0 Å². The minimum atomic E-state index is 0.501. The van der Waals surface area contributed by atoms with Gasteiger partial charge < -0.3 is 10.7 Å². The van der Waals surface area contributed by atoms with E-state index in [4.69, 9.17) is 15.7 Å². The van der Waals surface area contributed by atoms with Gasteiger partial charge in [-0.15, -0.1) is 0 Å². The lowest BCUT2D eigenvalue weighted by Gasteiger charge is -2.13. The molecule has 0 spiro atoms. The third kappa shape index (κ3) is 4.96. The summed E-state index contributed by atoms with van der Waals surface area (Å²) in [6, 6.07) is 32.4. The summed E-state index contributed by atoms with van der Waals surface area (Å²) in [7, 11) is 0. The van der Waals surface area contributed by atoms with Gasteiger partial charge in [0.1, 0.15) is 0 Å². The summed E-state index contributed by atoms with van der Waals surface area (Å²) in [4.78, 5) is 18.4. The molecule has 0 saturated heterocycles. The van der Waals surface area contributed by atoms with Gasteiger partial charge in [-0.25, -0.2) is 9.97 Å². The van der Waals surface area contributed by atoms with Crippen molar-refractivity contribution in [3.05, 3.63) is 97.1 Å². The molecule has 5 nitrogen and oxygen atoms in total. The third-order valence-corrected chi connectivity index (χ3v) is 7.67. The van der Waals surface area contributed by atoms with Crippen LogP contribution >= 0.6 is 0 Å². The molecular formula is C34H31N5. The highest BCUT2D eigenvalue weighted by atomic mass is 14.8. The topological polar surface area (TPSA) is 76.5 Å². The predicted molar refractivity (Wildman–Crippen MR) is 166 cm³/mol. The summed E-state index contributed by atoms with van der Waals surface area (Å²) < 4.78 is 0. The maximum atomic E-state index is 6.11. The SMILES string of the molecule is C=NCC1CCCC1C=Nc1c2ccccc2nc2ccccc12.Nc1c2ccccc2nc2ccccc12. The smallest absolute Gasteiger partial charge is 0.0813 e. The third-order valence-electron chi connectivity index (χ3n) is 7.67. The Balaban J connectivity index is 0.000000158. The zero-order valence-corrected chi connectivity index (χ0v) is 21.9. The summed E-state index contributed by atoms with van der Waals surface area (Å²) >= 11 is 0. The van der Waals surface area contributed by atoms with E-state index in [1.165, 1.54) is 19.3 Å². The second-order valence-corrected chi connectivity index (χ2v) is 10.1. The number of anilines is 1. The fraction of sp³-hybridized carbons (Fsp3) is 0.176. The van der Waals surface area contributed by atoms with Crippen molar-refractivity contribution in [1.82, 2.24) is 9.97 Å². The van der Waals surface area contributed by atoms with Crippen LogP contribution in [-0.2, 0) is 0 Å². The van der Waals surface area contributed by atoms with Crippen molar-refractivity contribution in [1.29, 1.82) is 0 Å². The van der Waals surface area contributed by atoms with Crippen LogP contribution in [0.5, 0.6) is 0 Å². The molecular weight excluding hydrogens is 478 g/mol. The number of benzene rings is 4. The fourth-order valence-electron chi connectivity index (χ4n) is 5.65. The number of hydrogen-bond acceptors (Lipinski definition) is 5. The summed E-state index contributed by atoms with van der Waals surface area (Å²) in [5.74, 6) is 1.09. The Morgan fingerprint density at radius 2 is 1.15 bits per heavy atom. The number of fused-ring (bicyclic) bond motifs is 4. The lowest BCUT2D eigenvalue weighted by molar-refractivity contribution is 0.502. The van der Waals surface area contributed by atoms with Gasteiger partial charge in [0.2, 0.25) is 0 Å². The Morgan fingerprint density at radius 1 is 0.692 bits per heavy atom. The van der Waals surface area contributed by atoms with Crippen molar-refractivity contribution in [2.45, 2.75) is 19.3 Å². The number of rotatable bonds is 4. The molecule has 0 aliphatic heterocycles. The van der Waals surface area contributed by atoms with Crippen molar-refractivity contribution in [3.8, 4) is 0 Å². The Bertz CT molecular complexity index is 1720. The van der Waals surface area contributed by atoms with Crippen LogP contribution in [0.1, 0.15) is 19.3 Å². The largest absolute Gasteiger partial charge is 0.398 e. The normalized spacial score (nSPS) is 17.1. The van der Waals surface area contributed by atoms with Crippen LogP contribution in [0, 0.1) is 11.8 Å². The first-order valence-electron chi connectivity index (χ1n) is 13.5.